The highest BCUT2D eigenvalue weighted by molar-refractivity contribution is 5.56. The molecule has 118 valence electrons. The molecule has 0 aliphatic carbocycles. The van der Waals surface area contributed by atoms with Gasteiger partial charge in [0.05, 0.1) is 0 Å². The van der Waals surface area contributed by atoms with E-state index in [1.54, 1.807) is 0 Å². The Hall–Kier alpha value is -1.02. The first kappa shape index (κ1) is 16.4. The monoisotopic (exact) mass is 288 g/mol. The van der Waals surface area contributed by atoms with Gasteiger partial charge in [0.2, 0.25) is 0 Å². The number of nitrogens with zero attached hydrogens (tertiary/aromatic N) is 1. The van der Waals surface area contributed by atoms with Crippen molar-refractivity contribution in [2.24, 2.45) is 5.92 Å². The molecular formula is C19H32N2. The second kappa shape index (κ2) is 6.83. The second-order valence-corrected chi connectivity index (χ2v) is 7.54. The van der Waals surface area contributed by atoms with E-state index in [-0.39, 0.29) is 5.41 Å². The van der Waals surface area contributed by atoms with Crippen molar-refractivity contribution < 1.29 is 0 Å². The Morgan fingerprint density at radius 2 is 1.95 bits per heavy atom. The number of rotatable bonds is 4. The van der Waals surface area contributed by atoms with Crippen LogP contribution in [0.4, 0.5) is 5.69 Å². The van der Waals surface area contributed by atoms with Gasteiger partial charge in [-0.15, -0.1) is 0 Å². The average Bonchev–Trinajstić information content (AvgIpc) is 2.45. The van der Waals surface area contributed by atoms with Gasteiger partial charge in [0, 0.05) is 24.8 Å². The third-order valence-corrected chi connectivity index (χ3v) is 4.61. The van der Waals surface area contributed by atoms with Crippen molar-refractivity contribution in [2.75, 3.05) is 24.5 Å². The van der Waals surface area contributed by atoms with E-state index in [1.165, 1.54) is 30.6 Å². The highest BCUT2D eigenvalue weighted by Crippen LogP contribution is 2.34. The number of hydrogen-bond donors (Lipinski definition) is 1. The van der Waals surface area contributed by atoms with Crippen LogP contribution in [0.1, 0.15) is 53.0 Å². The quantitative estimate of drug-likeness (QED) is 0.893. The molecule has 2 rings (SSSR count). The molecule has 1 aliphatic heterocycles. The first-order chi connectivity index (χ1) is 9.93. The van der Waals surface area contributed by atoms with Crippen LogP contribution in [0.3, 0.4) is 0 Å². The van der Waals surface area contributed by atoms with Crippen LogP contribution in [-0.4, -0.2) is 25.7 Å². The third kappa shape index (κ3) is 4.00. The Morgan fingerprint density at radius 3 is 2.57 bits per heavy atom. The lowest BCUT2D eigenvalue weighted by atomic mass is 9.84. The van der Waals surface area contributed by atoms with Gasteiger partial charge in [0.1, 0.15) is 0 Å². The number of benzene rings is 1. The van der Waals surface area contributed by atoms with Crippen LogP contribution < -0.4 is 10.2 Å². The molecule has 1 N–H and O–H groups in total. The van der Waals surface area contributed by atoms with Crippen LogP contribution in [-0.2, 0) is 5.41 Å². The maximum atomic E-state index is 3.71. The average molecular weight is 288 g/mol. The van der Waals surface area contributed by atoms with Crippen molar-refractivity contribution >= 4 is 5.69 Å². The van der Waals surface area contributed by atoms with Crippen molar-refractivity contribution in [3.63, 3.8) is 0 Å². The summed E-state index contributed by atoms with van der Waals surface area (Å²) in [6.45, 7) is 15.0. The van der Waals surface area contributed by atoms with Gasteiger partial charge >= 0.3 is 0 Å². The van der Waals surface area contributed by atoms with E-state index in [0.29, 0.717) is 12.0 Å². The van der Waals surface area contributed by atoms with E-state index in [2.05, 4.69) is 69.1 Å². The van der Waals surface area contributed by atoms with Crippen LogP contribution in [0.25, 0.3) is 0 Å². The molecule has 0 bridgehead atoms. The SMILES string of the molecule is CCCNC1CCN(c2ccccc2C(C)(C)C)CC1C. The van der Waals surface area contributed by atoms with Gasteiger partial charge in [0.25, 0.3) is 0 Å². The maximum Gasteiger partial charge on any atom is 0.0404 e. The molecule has 21 heavy (non-hydrogen) atoms. The molecule has 2 nitrogen and oxygen atoms in total. The van der Waals surface area contributed by atoms with Crippen molar-refractivity contribution in [1.82, 2.24) is 5.32 Å². The van der Waals surface area contributed by atoms with Gasteiger partial charge in [-0.2, -0.15) is 0 Å². The highest BCUT2D eigenvalue weighted by atomic mass is 15.2. The lowest BCUT2D eigenvalue weighted by molar-refractivity contribution is 0.321. The van der Waals surface area contributed by atoms with Crippen molar-refractivity contribution in [3.05, 3.63) is 29.8 Å². The highest BCUT2D eigenvalue weighted by Gasteiger charge is 2.28. The Labute approximate surface area is 130 Å². The summed E-state index contributed by atoms with van der Waals surface area (Å²) >= 11 is 0. The van der Waals surface area contributed by atoms with E-state index >= 15 is 0 Å². The summed E-state index contributed by atoms with van der Waals surface area (Å²) in [5.74, 6) is 0.707. The molecule has 2 heteroatoms. The molecule has 0 radical (unpaired) electrons. The first-order valence-electron chi connectivity index (χ1n) is 8.51. The molecule has 2 atom stereocenters. The van der Waals surface area contributed by atoms with Gasteiger partial charge in [-0.05, 0) is 42.3 Å². The third-order valence-electron chi connectivity index (χ3n) is 4.61. The summed E-state index contributed by atoms with van der Waals surface area (Å²) in [6, 6.07) is 9.62. The molecule has 1 fully saturated rings. The van der Waals surface area contributed by atoms with Crippen LogP contribution in [0.5, 0.6) is 0 Å². The molecule has 2 unspecified atom stereocenters. The lowest BCUT2D eigenvalue weighted by Gasteiger charge is -2.40. The first-order valence-corrected chi connectivity index (χ1v) is 8.51. The zero-order valence-corrected chi connectivity index (χ0v) is 14.4. The van der Waals surface area contributed by atoms with Crippen molar-refractivity contribution in [1.29, 1.82) is 0 Å². The van der Waals surface area contributed by atoms with Gasteiger partial charge in [0.15, 0.2) is 0 Å². The molecule has 1 heterocycles. The minimum Gasteiger partial charge on any atom is -0.371 e. The van der Waals surface area contributed by atoms with Gasteiger partial charge < -0.3 is 10.2 Å². The van der Waals surface area contributed by atoms with E-state index in [4.69, 9.17) is 0 Å². The molecule has 0 aromatic heterocycles. The summed E-state index contributed by atoms with van der Waals surface area (Å²) < 4.78 is 0. The number of piperidine rings is 1. The Balaban J connectivity index is 2.11. The van der Waals surface area contributed by atoms with E-state index in [0.717, 1.165) is 13.1 Å². The minimum atomic E-state index is 0.205. The Bertz CT molecular complexity index is 447. The summed E-state index contributed by atoms with van der Waals surface area (Å²) in [6.07, 6.45) is 2.47. The predicted molar refractivity (Wildman–Crippen MR) is 93.2 cm³/mol. The van der Waals surface area contributed by atoms with Gasteiger partial charge in [-0.3, -0.25) is 0 Å². The Morgan fingerprint density at radius 1 is 1.24 bits per heavy atom. The fourth-order valence-corrected chi connectivity index (χ4v) is 3.38. The van der Waals surface area contributed by atoms with Crippen LogP contribution >= 0.6 is 0 Å². The summed E-state index contributed by atoms with van der Waals surface area (Å²) in [5.41, 5.74) is 3.11. The number of hydrogen-bond acceptors (Lipinski definition) is 2. The molecule has 1 aliphatic rings. The fraction of sp³-hybridized carbons (Fsp3) is 0.684. The van der Waals surface area contributed by atoms with E-state index < -0.39 is 0 Å². The maximum absolute atomic E-state index is 3.71. The molecule has 1 aromatic carbocycles. The minimum absolute atomic E-state index is 0.205. The lowest BCUT2D eigenvalue weighted by Crippen LogP contribution is -2.49. The zero-order valence-electron chi connectivity index (χ0n) is 14.4. The normalized spacial score (nSPS) is 23.4. The summed E-state index contributed by atoms with van der Waals surface area (Å²) in [5, 5.41) is 3.71. The fourth-order valence-electron chi connectivity index (χ4n) is 3.38. The molecule has 0 amide bonds. The summed E-state index contributed by atoms with van der Waals surface area (Å²) in [7, 11) is 0. The Kier molecular flexibility index (Phi) is 5.32. The standard InChI is InChI=1S/C19H32N2/c1-6-12-20-17-11-13-21(14-15(17)2)18-10-8-7-9-16(18)19(3,4)5/h7-10,15,17,20H,6,11-14H2,1-5H3. The van der Waals surface area contributed by atoms with Crippen LogP contribution in [0.2, 0.25) is 0 Å². The van der Waals surface area contributed by atoms with E-state index in [1.807, 2.05) is 0 Å². The van der Waals surface area contributed by atoms with E-state index in [9.17, 15) is 0 Å². The molecule has 1 saturated heterocycles. The van der Waals surface area contributed by atoms with Crippen LogP contribution in [0.15, 0.2) is 24.3 Å². The number of para-hydroxylation sites is 1. The van der Waals surface area contributed by atoms with Crippen LogP contribution in [0, 0.1) is 5.92 Å². The molecular weight excluding hydrogens is 256 g/mol. The topological polar surface area (TPSA) is 15.3 Å². The smallest absolute Gasteiger partial charge is 0.0404 e. The van der Waals surface area contributed by atoms with Gasteiger partial charge in [-0.25, -0.2) is 0 Å². The van der Waals surface area contributed by atoms with Gasteiger partial charge in [-0.1, -0.05) is 52.8 Å². The molecule has 0 spiro atoms. The van der Waals surface area contributed by atoms with Crippen molar-refractivity contribution in [3.8, 4) is 0 Å². The zero-order chi connectivity index (χ0) is 15.5. The second-order valence-electron chi connectivity index (χ2n) is 7.54. The predicted octanol–water partition coefficient (Wildman–Crippen LogP) is 4.20. The molecule has 0 saturated carbocycles. The number of anilines is 1. The molecule has 1 aromatic rings. The summed E-state index contributed by atoms with van der Waals surface area (Å²) in [4.78, 5) is 2.59. The largest absolute Gasteiger partial charge is 0.371 e. The number of nitrogens with one attached hydrogen (secondary N) is 1. The van der Waals surface area contributed by atoms with Crippen molar-refractivity contribution in [2.45, 2.75) is 58.9 Å².